The number of nitrogens with zero attached hydrogens (tertiary/aromatic N) is 1. The van der Waals surface area contributed by atoms with E-state index >= 15 is 0 Å². The largest absolute Gasteiger partial charge is 0.323 e. The Balaban J connectivity index is 1.53. The molecule has 132 valence electrons. The summed E-state index contributed by atoms with van der Waals surface area (Å²) in [4.78, 5) is 12.3. The van der Waals surface area contributed by atoms with Crippen LogP contribution in [-0.4, -0.2) is 16.2 Å². The number of hydrogen-bond donors (Lipinski definition) is 3. The number of carbonyl (C=O) groups is 1. The van der Waals surface area contributed by atoms with Crippen LogP contribution < -0.4 is 10.6 Å². The SMILES string of the molecule is O=C(Nc1ccccc1)Nc1ccccc1C=Cc1n[nH]c2ccccc12. The molecule has 0 spiro atoms. The Hall–Kier alpha value is -3.86. The first-order valence-corrected chi connectivity index (χ1v) is 8.63. The molecule has 0 bridgehead atoms. The van der Waals surface area contributed by atoms with Crippen LogP contribution in [0.5, 0.6) is 0 Å². The molecule has 0 aliphatic heterocycles. The van der Waals surface area contributed by atoms with Crippen molar-refractivity contribution in [1.29, 1.82) is 0 Å². The van der Waals surface area contributed by atoms with E-state index in [1.54, 1.807) is 0 Å². The molecule has 0 radical (unpaired) electrons. The summed E-state index contributed by atoms with van der Waals surface area (Å²) in [5.74, 6) is 0. The van der Waals surface area contributed by atoms with E-state index in [1.165, 1.54) is 0 Å². The van der Waals surface area contributed by atoms with Gasteiger partial charge in [0.05, 0.1) is 11.2 Å². The molecule has 0 saturated heterocycles. The number of urea groups is 1. The number of hydrogen-bond acceptors (Lipinski definition) is 2. The van der Waals surface area contributed by atoms with Gasteiger partial charge in [0.15, 0.2) is 0 Å². The lowest BCUT2D eigenvalue weighted by Crippen LogP contribution is -2.19. The van der Waals surface area contributed by atoms with Gasteiger partial charge >= 0.3 is 6.03 Å². The number of H-pyrrole nitrogens is 1. The topological polar surface area (TPSA) is 69.8 Å². The van der Waals surface area contributed by atoms with Crippen molar-refractivity contribution in [2.75, 3.05) is 10.6 Å². The van der Waals surface area contributed by atoms with Crippen LogP contribution in [0.2, 0.25) is 0 Å². The van der Waals surface area contributed by atoms with Crippen molar-refractivity contribution in [1.82, 2.24) is 10.2 Å². The zero-order chi connectivity index (χ0) is 18.5. The van der Waals surface area contributed by atoms with E-state index in [2.05, 4.69) is 20.8 Å². The molecule has 0 saturated carbocycles. The summed E-state index contributed by atoms with van der Waals surface area (Å²) >= 11 is 0. The van der Waals surface area contributed by atoms with Crippen LogP contribution in [0.1, 0.15) is 11.3 Å². The van der Waals surface area contributed by atoms with E-state index in [-0.39, 0.29) is 6.03 Å². The maximum absolute atomic E-state index is 12.3. The minimum absolute atomic E-state index is 0.285. The average Bonchev–Trinajstić information content (AvgIpc) is 3.11. The highest BCUT2D eigenvalue weighted by Crippen LogP contribution is 2.21. The summed E-state index contributed by atoms with van der Waals surface area (Å²) in [6.45, 7) is 0. The lowest BCUT2D eigenvalue weighted by molar-refractivity contribution is 0.262. The number of aromatic nitrogens is 2. The molecular weight excluding hydrogens is 336 g/mol. The molecule has 2 amide bonds. The number of anilines is 2. The zero-order valence-electron chi connectivity index (χ0n) is 14.5. The smallest absolute Gasteiger partial charge is 0.308 e. The van der Waals surface area contributed by atoms with Crippen LogP contribution >= 0.6 is 0 Å². The molecule has 0 aliphatic rings. The Morgan fingerprint density at radius 2 is 1.56 bits per heavy atom. The van der Waals surface area contributed by atoms with E-state index in [0.29, 0.717) is 0 Å². The lowest BCUT2D eigenvalue weighted by Gasteiger charge is -2.10. The standard InChI is InChI=1S/C22H18N4O/c27-22(23-17-9-2-1-3-10-17)24-19-12-6-4-8-16(19)14-15-21-18-11-5-7-13-20(18)25-26-21/h1-15H,(H,25,26)(H2,23,24,27). The van der Waals surface area contributed by atoms with Crippen molar-refractivity contribution in [2.24, 2.45) is 0 Å². The van der Waals surface area contributed by atoms with Crippen LogP contribution in [0.4, 0.5) is 16.2 Å². The fraction of sp³-hybridized carbons (Fsp3) is 0. The van der Waals surface area contributed by atoms with Gasteiger partial charge in [0.1, 0.15) is 0 Å². The molecule has 3 aromatic carbocycles. The van der Waals surface area contributed by atoms with Crippen LogP contribution in [0.25, 0.3) is 23.1 Å². The molecule has 0 aliphatic carbocycles. The molecular formula is C22H18N4O. The van der Waals surface area contributed by atoms with E-state index < -0.39 is 0 Å². The second kappa shape index (κ2) is 7.58. The van der Waals surface area contributed by atoms with Gasteiger partial charge in [0.2, 0.25) is 0 Å². The highest BCUT2D eigenvalue weighted by Gasteiger charge is 2.06. The van der Waals surface area contributed by atoms with Crippen molar-refractivity contribution in [3.63, 3.8) is 0 Å². The Morgan fingerprint density at radius 1 is 0.815 bits per heavy atom. The normalized spacial score (nSPS) is 11.0. The summed E-state index contributed by atoms with van der Waals surface area (Å²) in [7, 11) is 0. The van der Waals surface area contributed by atoms with Gasteiger partial charge in [0, 0.05) is 16.8 Å². The van der Waals surface area contributed by atoms with Crippen molar-refractivity contribution < 1.29 is 4.79 Å². The third-order valence-electron chi connectivity index (χ3n) is 4.16. The summed E-state index contributed by atoms with van der Waals surface area (Å²) in [5.41, 5.74) is 4.21. The quantitative estimate of drug-likeness (QED) is 0.461. The number of benzene rings is 3. The molecule has 5 nitrogen and oxygen atoms in total. The Labute approximate surface area is 156 Å². The second-order valence-electron chi connectivity index (χ2n) is 6.02. The van der Waals surface area contributed by atoms with Gasteiger partial charge < -0.3 is 10.6 Å². The molecule has 0 unspecified atom stereocenters. The fourth-order valence-electron chi connectivity index (χ4n) is 2.84. The molecule has 4 aromatic rings. The number of rotatable bonds is 4. The summed E-state index contributed by atoms with van der Waals surface area (Å²) in [5, 5.41) is 14.1. The maximum Gasteiger partial charge on any atom is 0.323 e. The number of fused-ring (bicyclic) bond motifs is 1. The molecule has 1 heterocycles. The van der Waals surface area contributed by atoms with Gasteiger partial charge in [-0.25, -0.2) is 4.79 Å². The first kappa shape index (κ1) is 16.6. The van der Waals surface area contributed by atoms with Crippen molar-refractivity contribution in [3.8, 4) is 0 Å². The van der Waals surface area contributed by atoms with Crippen LogP contribution in [0.15, 0.2) is 78.9 Å². The molecule has 27 heavy (non-hydrogen) atoms. The van der Waals surface area contributed by atoms with Gasteiger partial charge in [-0.3, -0.25) is 5.10 Å². The number of nitrogens with one attached hydrogen (secondary N) is 3. The summed E-state index contributed by atoms with van der Waals surface area (Å²) in [6.07, 6.45) is 3.88. The fourth-order valence-corrected chi connectivity index (χ4v) is 2.84. The van der Waals surface area contributed by atoms with Gasteiger partial charge in [-0.05, 0) is 35.9 Å². The summed E-state index contributed by atoms with van der Waals surface area (Å²) in [6, 6.07) is 24.7. The van der Waals surface area contributed by atoms with E-state index in [0.717, 1.165) is 33.5 Å². The van der Waals surface area contributed by atoms with Gasteiger partial charge in [0.25, 0.3) is 0 Å². The average molecular weight is 354 g/mol. The summed E-state index contributed by atoms with van der Waals surface area (Å²) < 4.78 is 0. The predicted molar refractivity (Wildman–Crippen MR) is 111 cm³/mol. The third kappa shape index (κ3) is 3.88. The van der Waals surface area contributed by atoms with Crippen LogP contribution in [0, 0.1) is 0 Å². The van der Waals surface area contributed by atoms with Gasteiger partial charge in [-0.2, -0.15) is 5.10 Å². The molecule has 4 rings (SSSR count). The van der Waals surface area contributed by atoms with E-state index in [9.17, 15) is 4.79 Å². The Morgan fingerprint density at radius 3 is 2.44 bits per heavy atom. The Bertz CT molecular complexity index is 1100. The van der Waals surface area contributed by atoms with Gasteiger partial charge in [-0.15, -0.1) is 0 Å². The molecule has 1 aromatic heterocycles. The van der Waals surface area contributed by atoms with E-state index in [1.807, 2.05) is 91.0 Å². The number of para-hydroxylation sites is 3. The number of carbonyl (C=O) groups excluding carboxylic acids is 1. The van der Waals surface area contributed by atoms with Crippen LogP contribution in [0.3, 0.4) is 0 Å². The van der Waals surface area contributed by atoms with Crippen molar-refractivity contribution >= 4 is 40.5 Å². The number of aromatic amines is 1. The molecule has 5 heteroatoms. The second-order valence-corrected chi connectivity index (χ2v) is 6.02. The molecule has 3 N–H and O–H groups in total. The van der Waals surface area contributed by atoms with Crippen molar-refractivity contribution in [2.45, 2.75) is 0 Å². The zero-order valence-corrected chi connectivity index (χ0v) is 14.5. The Kier molecular flexibility index (Phi) is 4.66. The molecule has 0 atom stereocenters. The first-order valence-electron chi connectivity index (χ1n) is 8.63. The maximum atomic E-state index is 12.3. The van der Waals surface area contributed by atoms with Crippen molar-refractivity contribution in [3.05, 3.63) is 90.1 Å². The monoisotopic (exact) mass is 354 g/mol. The molecule has 0 fully saturated rings. The lowest BCUT2D eigenvalue weighted by atomic mass is 10.1. The van der Waals surface area contributed by atoms with Crippen LogP contribution in [-0.2, 0) is 0 Å². The number of amides is 2. The first-order chi connectivity index (χ1) is 13.3. The predicted octanol–water partition coefficient (Wildman–Crippen LogP) is 5.38. The minimum Gasteiger partial charge on any atom is -0.308 e. The highest BCUT2D eigenvalue weighted by atomic mass is 16.2. The van der Waals surface area contributed by atoms with Gasteiger partial charge in [-0.1, -0.05) is 60.7 Å². The van der Waals surface area contributed by atoms with E-state index in [4.69, 9.17) is 0 Å². The third-order valence-corrected chi connectivity index (χ3v) is 4.16. The minimum atomic E-state index is -0.285. The highest BCUT2D eigenvalue weighted by molar-refractivity contribution is 6.01.